The molecule has 92 valence electrons. The van der Waals surface area contributed by atoms with Gasteiger partial charge < -0.3 is 10.6 Å². The number of amides is 1. The molecule has 2 aliphatic rings. The summed E-state index contributed by atoms with van der Waals surface area (Å²) in [4.78, 5) is 14.2. The molecule has 0 bridgehead atoms. The van der Waals surface area contributed by atoms with Crippen LogP contribution in [0.4, 0.5) is 0 Å². The Bertz CT molecular complexity index is 267. The predicted molar refractivity (Wildman–Crippen MR) is 64.9 cm³/mol. The summed E-state index contributed by atoms with van der Waals surface area (Å²) < 4.78 is 0. The monoisotopic (exact) mass is 224 g/mol. The van der Waals surface area contributed by atoms with Crippen molar-refractivity contribution in [3.8, 4) is 0 Å². The average Bonchev–Trinajstić information content (AvgIpc) is 2.74. The number of nitrogens with zero attached hydrogens (tertiary/aromatic N) is 1. The maximum absolute atomic E-state index is 12.2. The van der Waals surface area contributed by atoms with E-state index in [1.165, 1.54) is 6.42 Å². The molecule has 1 saturated heterocycles. The molecule has 2 fully saturated rings. The van der Waals surface area contributed by atoms with Crippen LogP contribution < -0.4 is 5.73 Å². The van der Waals surface area contributed by atoms with Crippen molar-refractivity contribution in [3.05, 3.63) is 0 Å². The normalized spacial score (nSPS) is 39.3. The summed E-state index contributed by atoms with van der Waals surface area (Å²) in [6.07, 6.45) is 5.28. The minimum absolute atomic E-state index is 0.263. The van der Waals surface area contributed by atoms with Gasteiger partial charge in [0.2, 0.25) is 5.91 Å². The molecule has 0 spiro atoms. The Morgan fingerprint density at radius 2 is 2.12 bits per heavy atom. The van der Waals surface area contributed by atoms with Gasteiger partial charge in [0, 0.05) is 25.0 Å². The van der Waals surface area contributed by atoms with Crippen LogP contribution in [-0.4, -0.2) is 29.4 Å². The molecule has 1 aliphatic heterocycles. The van der Waals surface area contributed by atoms with Crippen molar-refractivity contribution in [1.82, 2.24) is 4.90 Å². The van der Waals surface area contributed by atoms with Crippen molar-refractivity contribution in [2.45, 2.75) is 58.0 Å². The van der Waals surface area contributed by atoms with E-state index < -0.39 is 0 Å². The third kappa shape index (κ3) is 2.40. The van der Waals surface area contributed by atoms with Crippen LogP contribution in [0.1, 0.15) is 46.0 Å². The molecule has 3 nitrogen and oxygen atoms in total. The SMILES string of the molecule is CC1CC(C)N(C(=O)C[C@@H]2CCC[C@H]2N)C1. The maximum Gasteiger partial charge on any atom is 0.223 e. The van der Waals surface area contributed by atoms with Crippen LogP contribution in [0.5, 0.6) is 0 Å². The number of nitrogens with two attached hydrogens (primary N) is 1. The number of rotatable bonds is 2. The van der Waals surface area contributed by atoms with E-state index in [4.69, 9.17) is 5.73 Å². The van der Waals surface area contributed by atoms with Crippen LogP contribution in [0, 0.1) is 11.8 Å². The van der Waals surface area contributed by atoms with Crippen LogP contribution in [0.15, 0.2) is 0 Å². The average molecular weight is 224 g/mol. The Morgan fingerprint density at radius 3 is 2.62 bits per heavy atom. The fraction of sp³-hybridized carbons (Fsp3) is 0.923. The predicted octanol–water partition coefficient (Wildman–Crippen LogP) is 1.76. The second-order valence-electron chi connectivity index (χ2n) is 5.79. The van der Waals surface area contributed by atoms with Gasteiger partial charge in [0.05, 0.1) is 0 Å². The lowest BCUT2D eigenvalue weighted by molar-refractivity contribution is -0.132. The first-order chi connectivity index (χ1) is 7.58. The summed E-state index contributed by atoms with van der Waals surface area (Å²) in [5.74, 6) is 1.44. The van der Waals surface area contributed by atoms with Crippen molar-refractivity contribution in [1.29, 1.82) is 0 Å². The summed E-state index contributed by atoms with van der Waals surface area (Å²) >= 11 is 0. The summed E-state index contributed by atoms with van der Waals surface area (Å²) in [7, 11) is 0. The molecule has 0 radical (unpaired) electrons. The molecule has 0 aromatic rings. The number of hydrogen-bond acceptors (Lipinski definition) is 2. The molecular weight excluding hydrogens is 200 g/mol. The molecule has 1 aliphatic carbocycles. The lowest BCUT2D eigenvalue weighted by atomic mass is 9.99. The molecule has 3 heteroatoms. The van der Waals surface area contributed by atoms with E-state index in [9.17, 15) is 4.79 Å². The highest BCUT2D eigenvalue weighted by Gasteiger charge is 2.33. The number of likely N-dealkylation sites (tertiary alicyclic amines) is 1. The van der Waals surface area contributed by atoms with E-state index in [0.29, 0.717) is 30.2 Å². The van der Waals surface area contributed by atoms with Crippen LogP contribution in [0.3, 0.4) is 0 Å². The lowest BCUT2D eigenvalue weighted by Crippen LogP contribution is -2.37. The Morgan fingerprint density at radius 1 is 1.38 bits per heavy atom. The van der Waals surface area contributed by atoms with Crippen molar-refractivity contribution < 1.29 is 4.79 Å². The molecule has 4 atom stereocenters. The standard InChI is InChI=1S/C13H24N2O/c1-9-6-10(2)15(8-9)13(16)7-11-4-3-5-12(11)14/h9-12H,3-8,14H2,1-2H3/t9?,10?,11-,12+/m0/s1. The minimum Gasteiger partial charge on any atom is -0.340 e. The van der Waals surface area contributed by atoms with Gasteiger partial charge in [-0.3, -0.25) is 4.79 Å². The quantitative estimate of drug-likeness (QED) is 0.777. The van der Waals surface area contributed by atoms with Crippen LogP contribution in [0.2, 0.25) is 0 Å². The summed E-state index contributed by atoms with van der Waals surface area (Å²) in [6.45, 7) is 5.34. The van der Waals surface area contributed by atoms with E-state index in [1.54, 1.807) is 0 Å². The van der Waals surface area contributed by atoms with E-state index in [0.717, 1.165) is 25.8 Å². The molecule has 2 unspecified atom stereocenters. The van der Waals surface area contributed by atoms with Gasteiger partial charge in [-0.05, 0) is 38.0 Å². The van der Waals surface area contributed by atoms with Crippen molar-refractivity contribution in [2.75, 3.05) is 6.54 Å². The zero-order chi connectivity index (χ0) is 11.7. The molecule has 1 heterocycles. The van der Waals surface area contributed by atoms with Gasteiger partial charge in [-0.25, -0.2) is 0 Å². The maximum atomic E-state index is 12.2. The highest BCUT2D eigenvalue weighted by molar-refractivity contribution is 5.77. The van der Waals surface area contributed by atoms with Gasteiger partial charge in [0.25, 0.3) is 0 Å². The second kappa shape index (κ2) is 4.74. The Labute approximate surface area is 98.4 Å². The summed E-state index contributed by atoms with van der Waals surface area (Å²) in [6, 6.07) is 0.694. The first kappa shape index (κ1) is 11.9. The van der Waals surface area contributed by atoms with Gasteiger partial charge in [-0.2, -0.15) is 0 Å². The van der Waals surface area contributed by atoms with Gasteiger partial charge in [0.15, 0.2) is 0 Å². The molecule has 2 rings (SSSR count). The first-order valence-electron chi connectivity index (χ1n) is 6.63. The van der Waals surface area contributed by atoms with E-state index in [-0.39, 0.29) is 6.04 Å². The van der Waals surface area contributed by atoms with Gasteiger partial charge in [-0.15, -0.1) is 0 Å². The minimum atomic E-state index is 0.263. The molecular formula is C13H24N2O. The molecule has 1 amide bonds. The highest BCUT2D eigenvalue weighted by Crippen LogP contribution is 2.29. The van der Waals surface area contributed by atoms with E-state index in [2.05, 4.69) is 18.7 Å². The summed E-state index contributed by atoms with van der Waals surface area (Å²) in [5.41, 5.74) is 6.02. The summed E-state index contributed by atoms with van der Waals surface area (Å²) in [5, 5.41) is 0. The lowest BCUT2D eigenvalue weighted by Gasteiger charge is -2.24. The largest absolute Gasteiger partial charge is 0.340 e. The van der Waals surface area contributed by atoms with Crippen molar-refractivity contribution in [2.24, 2.45) is 17.6 Å². The van der Waals surface area contributed by atoms with Crippen LogP contribution >= 0.6 is 0 Å². The highest BCUT2D eigenvalue weighted by atomic mass is 16.2. The van der Waals surface area contributed by atoms with E-state index in [1.807, 2.05) is 0 Å². The first-order valence-corrected chi connectivity index (χ1v) is 6.63. The van der Waals surface area contributed by atoms with Crippen molar-refractivity contribution in [3.63, 3.8) is 0 Å². The van der Waals surface area contributed by atoms with Gasteiger partial charge in [-0.1, -0.05) is 13.3 Å². The number of carbonyl (C=O) groups is 1. The molecule has 1 saturated carbocycles. The van der Waals surface area contributed by atoms with Crippen molar-refractivity contribution >= 4 is 5.91 Å². The molecule has 0 aromatic heterocycles. The van der Waals surface area contributed by atoms with E-state index >= 15 is 0 Å². The Hall–Kier alpha value is -0.570. The molecule has 0 aromatic carbocycles. The van der Waals surface area contributed by atoms with Crippen LogP contribution in [-0.2, 0) is 4.79 Å². The Balaban J connectivity index is 1.88. The zero-order valence-electron chi connectivity index (χ0n) is 10.5. The zero-order valence-corrected chi connectivity index (χ0v) is 10.5. The second-order valence-corrected chi connectivity index (χ2v) is 5.79. The Kier molecular flexibility index (Phi) is 3.53. The third-order valence-electron chi connectivity index (χ3n) is 4.26. The molecule has 16 heavy (non-hydrogen) atoms. The fourth-order valence-electron chi connectivity index (χ4n) is 3.31. The number of carbonyl (C=O) groups excluding carboxylic acids is 1. The molecule has 2 N–H and O–H groups in total. The fourth-order valence-corrected chi connectivity index (χ4v) is 3.31. The number of hydrogen-bond donors (Lipinski definition) is 1. The third-order valence-corrected chi connectivity index (χ3v) is 4.26. The van der Waals surface area contributed by atoms with Gasteiger partial charge in [0.1, 0.15) is 0 Å². The smallest absolute Gasteiger partial charge is 0.223 e. The van der Waals surface area contributed by atoms with Gasteiger partial charge >= 0.3 is 0 Å². The van der Waals surface area contributed by atoms with Crippen LogP contribution in [0.25, 0.3) is 0 Å². The topological polar surface area (TPSA) is 46.3 Å².